The van der Waals surface area contributed by atoms with Crippen molar-refractivity contribution in [2.45, 2.75) is 46.0 Å². The normalized spacial score (nSPS) is 27.2. The fourth-order valence-electron chi connectivity index (χ4n) is 3.55. The monoisotopic (exact) mass is 281 g/mol. The summed E-state index contributed by atoms with van der Waals surface area (Å²) in [5.41, 5.74) is 0.181. The lowest BCUT2D eigenvalue weighted by molar-refractivity contribution is -0.130. The van der Waals surface area contributed by atoms with Crippen molar-refractivity contribution in [3.63, 3.8) is 0 Å². The van der Waals surface area contributed by atoms with Crippen molar-refractivity contribution in [3.05, 3.63) is 0 Å². The molecule has 4 nitrogen and oxygen atoms in total. The van der Waals surface area contributed by atoms with Crippen molar-refractivity contribution >= 4 is 5.91 Å². The van der Waals surface area contributed by atoms with Gasteiger partial charge in [-0.2, -0.15) is 0 Å². The molecule has 116 valence electrons. The third-order valence-electron chi connectivity index (χ3n) is 4.98. The fourth-order valence-corrected chi connectivity index (χ4v) is 3.55. The molecule has 1 atom stereocenters. The summed E-state index contributed by atoms with van der Waals surface area (Å²) >= 11 is 0. The van der Waals surface area contributed by atoms with Crippen LogP contribution in [-0.2, 0) is 4.79 Å². The van der Waals surface area contributed by atoms with Gasteiger partial charge in [-0.1, -0.05) is 26.7 Å². The summed E-state index contributed by atoms with van der Waals surface area (Å²) in [5.74, 6) is 0.505. The molecule has 1 amide bonds. The van der Waals surface area contributed by atoms with Gasteiger partial charge in [0.25, 0.3) is 0 Å². The molecule has 2 N–H and O–H groups in total. The third-order valence-corrected chi connectivity index (χ3v) is 4.98. The van der Waals surface area contributed by atoms with E-state index >= 15 is 0 Å². The molecule has 0 aromatic heterocycles. The molecule has 1 saturated heterocycles. The first-order chi connectivity index (χ1) is 9.59. The largest absolute Gasteiger partial charge is 0.356 e. The van der Waals surface area contributed by atoms with Crippen LogP contribution in [0.4, 0.5) is 0 Å². The van der Waals surface area contributed by atoms with E-state index in [1.54, 1.807) is 0 Å². The van der Waals surface area contributed by atoms with Crippen molar-refractivity contribution in [3.8, 4) is 0 Å². The fraction of sp³-hybridized carbons (Fsp3) is 0.938. The lowest BCUT2D eigenvalue weighted by Gasteiger charge is -2.37. The number of rotatable bonds is 5. The van der Waals surface area contributed by atoms with E-state index in [0.29, 0.717) is 0 Å². The molecule has 2 aliphatic rings. The number of piperazine rings is 1. The summed E-state index contributed by atoms with van der Waals surface area (Å²) in [6, 6.07) is 0. The number of hydrogen-bond acceptors (Lipinski definition) is 3. The quantitative estimate of drug-likeness (QED) is 0.753. The first-order valence-corrected chi connectivity index (χ1v) is 8.30. The highest BCUT2D eigenvalue weighted by Gasteiger charge is 2.36. The molecule has 0 bridgehead atoms. The van der Waals surface area contributed by atoms with Gasteiger partial charge in [0.05, 0.1) is 0 Å². The molecule has 1 aliphatic heterocycles. The van der Waals surface area contributed by atoms with Crippen molar-refractivity contribution in [1.29, 1.82) is 0 Å². The zero-order chi connectivity index (χ0) is 14.4. The molecule has 1 saturated carbocycles. The van der Waals surface area contributed by atoms with E-state index in [9.17, 15) is 4.79 Å². The number of carbonyl (C=O) groups is 1. The van der Waals surface area contributed by atoms with Crippen LogP contribution < -0.4 is 10.6 Å². The molecule has 4 heteroatoms. The Labute approximate surface area is 123 Å². The highest BCUT2D eigenvalue weighted by atomic mass is 16.1. The number of hydrogen-bond donors (Lipinski definition) is 2. The molecule has 1 heterocycles. The van der Waals surface area contributed by atoms with E-state index in [2.05, 4.69) is 29.4 Å². The average molecular weight is 281 g/mol. The van der Waals surface area contributed by atoms with Gasteiger partial charge in [-0.15, -0.1) is 0 Å². The van der Waals surface area contributed by atoms with E-state index in [0.717, 1.165) is 52.1 Å². The highest BCUT2D eigenvalue weighted by molar-refractivity contribution is 5.79. The first-order valence-electron chi connectivity index (χ1n) is 8.30. The SMILES string of the molecule is CC1(C)CCCCC1C(=O)NCCCN1CCNCC1. The standard InChI is InChI=1S/C16H31N3O/c1-16(2)7-4-3-6-14(16)15(20)18-8-5-11-19-12-9-17-10-13-19/h14,17H,3-13H2,1-2H3,(H,18,20). The summed E-state index contributed by atoms with van der Waals surface area (Å²) in [7, 11) is 0. The number of nitrogens with zero attached hydrogens (tertiary/aromatic N) is 1. The Morgan fingerprint density at radius 1 is 1.30 bits per heavy atom. The van der Waals surface area contributed by atoms with Crippen LogP contribution in [0.2, 0.25) is 0 Å². The molecule has 2 fully saturated rings. The van der Waals surface area contributed by atoms with Gasteiger partial charge in [0, 0.05) is 38.6 Å². The topological polar surface area (TPSA) is 44.4 Å². The lowest BCUT2D eigenvalue weighted by atomic mass is 9.68. The van der Waals surface area contributed by atoms with Crippen LogP contribution in [0.5, 0.6) is 0 Å². The van der Waals surface area contributed by atoms with Crippen LogP contribution in [0, 0.1) is 11.3 Å². The van der Waals surface area contributed by atoms with E-state index in [4.69, 9.17) is 0 Å². The summed E-state index contributed by atoms with van der Waals surface area (Å²) in [6.07, 6.45) is 5.81. The molecular weight excluding hydrogens is 250 g/mol. The van der Waals surface area contributed by atoms with Crippen LogP contribution in [0.1, 0.15) is 46.0 Å². The molecule has 0 aromatic carbocycles. The smallest absolute Gasteiger partial charge is 0.223 e. The summed E-state index contributed by atoms with van der Waals surface area (Å²) in [6.45, 7) is 10.9. The van der Waals surface area contributed by atoms with Crippen LogP contribution in [0.25, 0.3) is 0 Å². The predicted molar refractivity (Wildman–Crippen MR) is 82.7 cm³/mol. The second-order valence-electron chi connectivity index (χ2n) is 7.02. The minimum Gasteiger partial charge on any atom is -0.356 e. The van der Waals surface area contributed by atoms with Gasteiger partial charge < -0.3 is 15.5 Å². The van der Waals surface area contributed by atoms with Gasteiger partial charge in [0.15, 0.2) is 0 Å². The molecule has 0 radical (unpaired) electrons. The molecule has 2 rings (SSSR count). The average Bonchev–Trinajstić information content (AvgIpc) is 2.44. The van der Waals surface area contributed by atoms with Crippen molar-refractivity contribution < 1.29 is 4.79 Å². The maximum absolute atomic E-state index is 12.3. The van der Waals surface area contributed by atoms with Crippen molar-refractivity contribution in [2.24, 2.45) is 11.3 Å². The van der Waals surface area contributed by atoms with E-state index in [1.807, 2.05) is 0 Å². The predicted octanol–water partition coefficient (Wildman–Crippen LogP) is 1.61. The number of amides is 1. The Kier molecular flexibility index (Phi) is 5.85. The maximum atomic E-state index is 12.3. The van der Waals surface area contributed by atoms with Gasteiger partial charge >= 0.3 is 0 Å². The Balaban J connectivity index is 1.64. The molecular formula is C16H31N3O. The molecule has 1 unspecified atom stereocenters. The van der Waals surface area contributed by atoms with Crippen LogP contribution in [-0.4, -0.2) is 50.1 Å². The van der Waals surface area contributed by atoms with Crippen LogP contribution >= 0.6 is 0 Å². The summed E-state index contributed by atoms with van der Waals surface area (Å²) in [5, 5.41) is 6.53. The van der Waals surface area contributed by atoms with Gasteiger partial charge in [0.1, 0.15) is 0 Å². The molecule has 1 aliphatic carbocycles. The van der Waals surface area contributed by atoms with Gasteiger partial charge in [-0.3, -0.25) is 4.79 Å². The van der Waals surface area contributed by atoms with Crippen LogP contribution in [0.3, 0.4) is 0 Å². The Hall–Kier alpha value is -0.610. The van der Waals surface area contributed by atoms with Gasteiger partial charge in [-0.05, 0) is 31.2 Å². The Bertz CT molecular complexity index is 311. The second-order valence-corrected chi connectivity index (χ2v) is 7.02. The van der Waals surface area contributed by atoms with E-state index in [1.165, 1.54) is 19.3 Å². The Morgan fingerprint density at radius 2 is 2.05 bits per heavy atom. The molecule has 0 aromatic rings. The number of nitrogens with one attached hydrogen (secondary N) is 2. The summed E-state index contributed by atoms with van der Waals surface area (Å²) in [4.78, 5) is 14.8. The molecule has 20 heavy (non-hydrogen) atoms. The van der Waals surface area contributed by atoms with Crippen LogP contribution in [0.15, 0.2) is 0 Å². The minimum absolute atomic E-state index is 0.181. The van der Waals surface area contributed by atoms with E-state index < -0.39 is 0 Å². The number of carbonyl (C=O) groups excluding carboxylic acids is 1. The maximum Gasteiger partial charge on any atom is 0.223 e. The Morgan fingerprint density at radius 3 is 2.75 bits per heavy atom. The third kappa shape index (κ3) is 4.45. The minimum atomic E-state index is 0.181. The van der Waals surface area contributed by atoms with Gasteiger partial charge in [0.2, 0.25) is 5.91 Å². The lowest BCUT2D eigenvalue weighted by Crippen LogP contribution is -2.45. The van der Waals surface area contributed by atoms with Crippen molar-refractivity contribution in [2.75, 3.05) is 39.3 Å². The zero-order valence-corrected chi connectivity index (χ0v) is 13.2. The van der Waals surface area contributed by atoms with E-state index in [-0.39, 0.29) is 17.2 Å². The first kappa shape index (κ1) is 15.8. The van der Waals surface area contributed by atoms with Crippen molar-refractivity contribution in [1.82, 2.24) is 15.5 Å². The second kappa shape index (κ2) is 7.41. The van der Waals surface area contributed by atoms with Gasteiger partial charge in [-0.25, -0.2) is 0 Å². The summed E-state index contributed by atoms with van der Waals surface area (Å²) < 4.78 is 0. The molecule has 0 spiro atoms. The zero-order valence-electron chi connectivity index (χ0n) is 13.2. The highest BCUT2D eigenvalue weighted by Crippen LogP contribution is 2.40.